The molecule has 0 fully saturated rings. The Kier molecular flexibility index (Phi) is 6.97. The van der Waals surface area contributed by atoms with Gasteiger partial charge in [-0.1, -0.05) is 158 Å². The van der Waals surface area contributed by atoms with E-state index in [1.54, 1.807) is 0 Å². The van der Waals surface area contributed by atoms with Crippen molar-refractivity contribution in [1.29, 1.82) is 0 Å². The van der Waals surface area contributed by atoms with Gasteiger partial charge in [0.25, 0.3) is 0 Å². The van der Waals surface area contributed by atoms with Crippen LogP contribution in [0.2, 0.25) is 0 Å². The molecule has 16 rings (SSSR count). The molecule has 302 valence electrons. The summed E-state index contributed by atoms with van der Waals surface area (Å²) in [4.78, 5) is 16.1. The number of nitrogens with zero attached hydrogens (tertiary/aromatic N) is 6. The molecule has 2 unspecified atom stereocenters. The van der Waals surface area contributed by atoms with Crippen molar-refractivity contribution in [3.05, 3.63) is 240 Å². The molecule has 2 bridgehead atoms. The fourth-order valence-electron chi connectivity index (χ4n) is 11.8. The van der Waals surface area contributed by atoms with E-state index >= 15 is 0 Å². The number of hydrogen-bond donors (Lipinski definition) is 0. The van der Waals surface area contributed by atoms with Gasteiger partial charge in [0.15, 0.2) is 5.82 Å². The van der Waals surface area contributed by atoms with Crippen LogP contribution in [0.4, 0.5) is 0 Å². The lowest BCUT2D eigenvalue weighted by Gasteiger charge is -2.43. The number of fused-ring (bicyclic) bond motifs is 9. The first-order valence-electron chi connectivity index (χ1n) is 22.4. The largest absolute Gasteiger partial charge is 0.309 e. The highest BCUT2D eigenvalue weighted by atomic mass is 15.3. The summed E-state index contributed by atoms with van der Waals surface area (Å²) in [7, 11) is 0. The lowest BCUT2D eigenvalue weighted by atomic mass is 9.59. The number of para-hydroxylation sites is 5. The van der Waals surface area contributed by atoms with Crippen LogP contribution in [0.5, 0.6) is 0 Å². The van der Waals surface area contributed by atoms with Crippen LogP contribution in [0.25, 0.3) is 94.4 Å². The topological polar surface area (TPSA) is 53.5 Å². The van der Waals surface area contributed by atoms with Gasteiger partial charge < -0.3 is 4.57 Å². The van der Waals surface area contributed by atoms with E-state index in [1.807, 2.05) is 18.2 Å². The maximum Gasteiger partial charge on any atom is 0.240 e. The SMILES string of the molecule is c1ccc(-c2nc(-n3c4ccccc4c4ccccc43)nc(-n3c4ccccc4c4c5c(ccc43)C3c4ccccc4C5c4c3ccc3c4c4ccccc4n3-c3ccccc3)n2)cc1. The van der Waals surface area contributed by atoms with Gasteiger partial charge in [-0.3, -0.25) is 9.13 Å². The van der Waals surface area contributed by atoms with Crippen molar-refractivity contribution in [3.8, 4) is 29.0 Å². The van der Waals surface area contributed by atoms with Gasteiger partial charge in [0.05, 0.1) is 33.1 Å². The van der Waals surface area contributed by atoms with E-state index in [1.165, 1.54) is 71.6 Å². The van der Waals surface area contributed by atoms with Crippen LogP contribution in [0.15, 0.2) is 206 Å². The molecular weight excluding hydrogens is 793 g/mol. The molecule has 0 amide bonds. The molecule has 9 aromatic carbocycles. The van der Waals surface area contributed by atoms with Crippen molar-refractivity contribution in [2.24, 2.45) is 0 Å². The Bertz CT molecular complexity index is 4080. The van der Waals surface area contributed by atoms with Crippen LogP contribution in [-0.4, -0.2) is 28.7 Å². The number of aromatic nitrogens is 6. The summed E-state index contributed by atoms with van der Waals surface area (Å²) >= 11 is 0. The van der Waals surface area contributed by atoms with Crippen LogP contribution in [0.1, 0.15) is 45.2 Å². The minimum atomic E-state index is -0.00529. The maximum atomic E-state index is 5.48. The molecule has 2 atom stereocenters. The second-order valence-corrected chi connectivity index (χ2v) is 17.5. The summed E-state index contributed by atoms with van der Waals surface area (Å²) in [5, 5.41) is 7.36. The van der Waals surface area contributed by atoms with Crippen LogP contribution < -0.4 is 0 Å². The van der Waals surface area contributed by atoms with E-state index < -0.39 is 0 Å². The van der Waals surface area contributed by atoms with Crippen molar-refractivity contribution in [2.45, 2.75) is 11.8 Å². The summed E-state index contributed by atoms with van der Waals surface area (Å²) in [6.07, 6.45) is 0. The van der Waals surface area contributed by atoms with E-state index in [9.17, 15) is 0 Å². The molecule has 3 aliphatic carbocycles. The predicted octanol–water partition coefficient (Wildman–Crippen LogP) is 13.8. The first kappa shape index (κ1) is 34.9. The molecule has 0 aliphatic heterocycles. The van der Waals surface area contributed by atoms with Gasteiger partial charge in [-0.05, 0) is 81.9 Å². The monoisotopic (exact) mass is 828 g/mol. The second kappa shape index (κ2) is 13.0. The summed E-state index contributed by atoms with van der Waals surface area (Å²) < 4.78 is 6.93. The minimum Gasteiger partial charge on any atom is -0.309 e. The molecule has 6 heteroatoms. The third kappa shape index (κ3) is 4.64. The summed E-state index contributed by atoms with van der Waals surface area (Å²) in [6.45, 7) is 0. The molecular formula is C59H36N6. The zero-order valence-electron chi connectivity index (χ0n) is 35.0. The average Bonchev–Trinajstić information content (AvgIpc) is 4.03. The van der Waals surface area contributed by atoms with E-state index in [4.69, 9.17) is 15.0 Å². The van der Waals surface area contributed by atoms with E-state index in [-0.39, 0.29) is 11.8 Å². The highest BCUT2D eigenvalue weighted by Crippen LogP contribution is 2.60. The number of benzene rings is 9. The molecule has 6 nitrogen and oxygen atoms in total. The molecule has 0 saturated carbocycles. The van der Waals surface area contributed by atoms with Gasteiger partial charge in [0, 0.05) is 55.4 Å². The standard InChI is InChI=1S/C59H36N6/c1-3-17-35(18-4-1)57-60-58(64-45-27-13-9-21-37(45)38-22-10-14-28-46(38)64)62-59(61-57)65-48-30-16-12-26-42(48)53-50(65)34-32-44-51-39-23-7-8-24-40(39)54(56(44)53)55-43(51)31-33-49-52(55)41-25-11-15-29-47(41)63(49)36-19-5-2-6-20-36/h1-34,51,54H. The predicted molar refractivity (Wildman–Crippen MR) is 263 cm³/mol. The Morgan fingerprint density at radius 1 is 0.292 bits per heavy atom. The number of hydrogen-bond acceptors (Lipinski definition) is 3. The van der Waals surface area contributed by atoms with Crippen LogP contribution >= 0.6 is 0 Å². The molecule has 0 spiro atoms. The third-order valence-electron chi connectivity index (χ3n) is 14.3. The first-order chi connectivity index (χ1) is 32.3. The summed E-state index contributed by atoms with van der Waals surface area (Å²) in [6, 6.07) is 74.6. The fourth-order valence-corrected chi connectivity index (χ4v) is 11.8. The van der Waals surface area contributed by atoms with E-state index in [0.29, 0.717) is 17.7 Å². The smallest absolute Gasteiger partial charge is 0.240 e. The Morgan fingerprint density at radius 2 is 0.708 bits per heavy atom. The highest BCUT2D eigenvalue weighted by molar-refractivity contribution is 6.16. The molecule has 0 radical (unpaired) electrons. The van der Waals surface area contributed by atoms with Crippen LogP contribution in [-0.2, 0) is 0 Å². The third-order valence-corrected chi connectivity index (χ3v) is 14.3. The van der Waals surface area contributed by atoms with Gasteiger partial charge in [-0.25, -0.2) is 0 Å². The lowest BCUT2D eigenvalue weighted by Crippen LogP contribution is -2.28. The highest BCUT2D eigenvalue weighted by Gasteiger charge is 2.44. The van der Waals surface area contributed by atoms with E-state index in [0.717, 1.165) is 38.4 Å². The molecule has 4 heterocycles. The van der Waals surface area contributed by atoms with Crippen molar-refractivity contribution >= 4 is 65.4 Å². The first-order valence-corrected chi connectivity index (χ1v) is 22.4. The number of rotatable bonds is 4. The second-order valence-electron chi connectivity index (χ2n) is 17.5. The Labute approximate surface area is 372 Å². The van der Waals surface area contributed by atoms with Crippen molar-refractivity contribution in [2.75, 3.05) is 0 Å². The van der Waals surface area contributed by atoms with Crippen LogP contribution in [0, 0.1) is 0 Å². The van der Waals surface area contributed by atoms with Gasteiger partial charge in [-0.15, -0.1) is 0 Å². The molecule has 65 heavy (non-hydrogen) atoms. The van der Waals surface area contributed by atoms with Gasteiger partial charge in [0.2, 0.25) is 11.9 Å². The Hall–Kier alpha value is -8.61. The zero-order valence-corrected chi connectivity index (χ0v) is 35.0. The fraction of sp³-hybridized carbons (Fsp3) is 0.0339. The van der Waals surface area contributed by atoms with Crippen molar-refractivity contribution in [3.63, 3.8) is 0 Å². The van der Waals surface area contributed by atoms with Crippen molar-refractivity contribution in [1.82, 2.24) is 28.7 Å². The zero-order chi connectivity index (χ0) is 42.3. The molecule has 0 N–H and O–H groups in total. The maximum absolute atomic E-state index is 5.48. The summed E-state index contributed by atoms with van der Waals surface area (Å²) in [5.74, 6) is 1.86. The average molecular weight is 829 g/mol. The molecule has 13 aromatic rings. The van der Waals surface area contributed by atoms with E-state index in [2.05, 4.69) is 202 Å². The quantitative estimate of drug-likeness (QED) is 0.178. The molecule has 4 aromatic heterocycles. The van der Waals surface area contributed by atoms with Crippen LogP contribution in [0.3, 0.4) is 0 Å². The molecule has 3 aliphatic rings. The van der Waals surface area contributed by atoms with Gasteiger partial charge >= 0.3 is 0 Å². The Balaban J connectivity index is 1.04. The summed E-state index contributed by atoms with van der Waals surface area (Å²) in [5.41, 5.74) is 17.1. The lowest BCUT2D eigenvalue weighted by molar-refractivity contribution is 0.768. The van der Waals surface area contributed by atoms with Gasteiger partial charge in [0.1, 0.15) is 0 Å². The normalized spacial score (nSPS) is 15.1. The molecule has 0 saturated heterocycles. The Morgan fingerprint density at radius 3 is 1.28 bits per heavy atom. The minimum absolute atomic E-state index is 0.00529. The van der Waals surface area contributed by atoms with Gasteiger partial charge in [-0.2, -0.15) is 15.0 Å². The van der Waals surface area contributed by atoms with Crippen molar-refractivity contribution < 1.29 is 0 Å².